The molecule has 4 saturated carbocycles. The lowest BCUT2D eigenvalue weighted by Crippen LogP contribution is -2.59. The van der Waals surface area contributed by atoms with E-state index in [0.717, 1.165) is 48.6 Å². The Bertz CT molecular complexity index is 1260. The molecule has 234 valence electrons. The molecule has 4 N–H and O–H groups in total. The van der Waals surface area contributed by atoms with Crippen LogP contribution in [0.3, 0.4) is 0 Å². The number of ether oxygens (including phenoxy) is 3. The highest BCUT2D eigenvalue weighted by atomic mass is 16.5. The van der Waals surface area contributed by atoms with E-state index in [-0.39, 0.29) is 23.6 Å². The number of nitrogens with two attached hydrogens (primary N) is 2. The predicted octanol–water partition coefficient (Wildman–Crippen LogP) is 7.90. The van der Waals surface area contributed by atoms with Crippen molar-refractivity contribution < 1.29 is 19.0 Å². The van der Waals surface area contributed by atoms with Gasteiger partial charge in [0.1, 0.15) is 17.6 Å². The number of rotatable bonds is 8. The van der Waals surface area contributed by atoms with Crippen LogP contribution >= 0.6 is 0 Å². The predicted molar refractivity (Wildman–Crippen MR) is 172 cm³/mol. The second kappa shape index (κ2) is 11.9. The van der Waals surface area contributed by atoms with E-state index in [9.17, 15) is 4.79 Å². The summed E-state index contributed by atoms with van der Waals surface area (Å²) in [5.41, 5.74) is 14.0. The van der Waals surface area contributed by atoms with Gasteiger partial charge in [-0.05, 0) is 147 Å². The minimum atomic E-state index is -0.0832. The lowest BCUT2D eigenvalue weighted by molar-refractivity contribution is -0.164. The van der Waals surface area contributed by atoms with Gasteiger partial charge in [0.25, 0.3) is 0 Å². The van der Waals surface area contributed by atoms with Crippen LogP contribution in [0.25, 0.3) is 0 Å². The van der Waals surface area contributed by atoms with Crippen molar-refractivity contribution in [3.8, 4) is 11.5 Å². The Labute approximate surface area is 258 Å². The van der Waals surface area contributed by atoms with Crippen LogP contribution in [0.15, 0.2) is 48.5 Å². The Morgan fingerprint density at radius 1 is 0.814 bits per heavy atom. The van der Waals surface area contributed by atoms with Crippen LogP contribution in [0.5, 0.6) is 11.5 Å². The molecule has 2 aromatic rings. The van der Waals surface area contributed by atoms with E-state index in [0.29, 0.717) is 47.3 Å². The first-order chi connectivity index (χ1) is 20.6. The van der Waals surface area contributed by atoms with Crippen LogP contribution in [-0.2, 0) is 9.53 Å². The normalized spacial score (nSPS) is 37.3. The first-order valence-corrected chi connectivity index (χ1v) is 16.7. The van der Waals surface area contributed by atoms with Crippen LogP contribution < -0.4 is 20.9 Å². The van der Waals surface area contributed by atoms with Crippen LogP contribution in [-0.4, -0.2) is 25.3 Å². The highest BCUT2D eigenvalue weighted by Crippen LogP contribution is 2.68. The zero-order valence-electron chi connectivity index (χ0n) is 26.6. The molecule has 0 aliphatic heterocycles. The quantitative estimate of drug-likeness (QED) is 0.240. The molecule has 0 amide bonds. The third-order valence-electron chi connectivity index (χ3n) is 12.7. The maximum Gasteiger partial charge on any atom is 0.305 e. The number of fused-ring (bicyclic) bond motifs is 5. The van der Waals surface area contributed by atoms with Crippen molar-refractivity contribution in [3.05, 3.63) is 48.5 Å². The maximum atomic E-state index is 11.9. The number of hydrogen-bond acceptors (Lipinski definition) is 6. The van der Waals surface area contributed by atoms with Crippen molar-refractivity contribution in [2.45, 2.75) is 97.2 Å². The minimum absolute atomic E-state index is 0.0832. The smallest absolute Gasteiger partial charge is 0.305 e. The van der Waals surface area contributed by atoms with Crippen molar-refractivity contribution in [2.75, 3.05) is 18.6 Å². The van der Waals surface area contributed by atoms with Crippen LogP contribution in [0, 0.1) is 46.3 Å². The van der Waals surface area contributed by atoms with Gasteiger partial charge < -0.3 is 25.7 Å². The first kappa shape index (κ1) is 30.1. The van der Waals surface area contributed by atoms with E-state index < -0.39 is 0 Å². The van der Waals surface area contributed by atoms with E-state index in [4.69, 9.17) is 25.7 Å². The van der Waals surface area contributed by atoms with E-state index in [1.807, 2.05) is 48.5 Å². The molecular weight excluding hydrogens is 536 g/mol. The average Bonchev–Trinajstić information content (AvgIpc) is 3.36. The molecule has 4 fully saturated rings. The number of methoxy groups -OCH3 is 1. The molecule has 10 atom stereocenters. The first-order valence-electron chi connectivity index (χ1n) is 16.7. The molecule has 2 aromatic carbocycles. The number of carbonyl (C=O) groups is 1. The van der Waals surface area contributed by atoms with Gasteiger partial charge in [-0.2, -0.15) is 0 Å². The van der Waals surface area contributed by atoms with Crippen LogP contribution in [0.4, 0.5) is 11.4 Å². The summed E-state index contributed by atoms with van der Waals surface area (Å²) in [6.07, 6.45) is 11.3. The van der Waals surface area contributed by atoms with Crippen molar-refractivity contribution in [1.29, 1.82) is 0 Å². The number of benzene rings is 2. The summed E-state index contributed by atoms with van der Waals surface area (Å²) in [4.78, 5) is 11.9. The van der Waals surface area contributed by atoms with Crippen molar-refractivity contribution in [2.24, 2.45) is 46.3 Å². The molecule has 0 heterocycles. The highest BCUT2D eigenvalue weighted by molar-refractivity contribution is 5.69. The second-order valence-corrected chi connectivity index (χ2v) is 14.9. The molecule has 0 aromatic heterocycles. The van der Waals surface area contributed by atoms with Crippen molar-refractivity contribution in [3.63, 3.8) is 0 Å². The fraction of sp³-hybridized carbons (Fsp3) is 0.649. The van der Waals surface area contributed by atoms with Gasteiger partial charge in [-0.25, -0.2) is 0 Å². The van der Waals surface area contributed by atoms with E-state index in [2.05, 4.69) is 20.8 Å². The Morgan fingerprint density at radius 3 is 2.07 bits per heavy atom. The molecule has 4 aliphatic rings. The van der Waals surface area contributed by atoms with Crippen LogP contribution in [0.2, 0.25) is 0 Å². The maximum absolute atomic E-state index is 11.9. The molecule has 0 spiro atoms. The number of anilines is 2. The summed E-state index contributed by atoms with van der Waals surface area (Å²) in [6, 6.07) is 15.8. The lowest BCUT2D eigenvalue weighted by atomic mass is 9.43. The molecule has 6 nitrogen and oxygen atoms in total. The van der Waals surface area contributed by atoms with Gasteiger partial charge in [-0.3, -0.25) is 4.79 Å². The molecule has 0 radical (unpaired) electrons. The van der Waals surface area contributed by atoms with Gasteiger partial charge in [-0.15, -0.1) is 0 Å². The molecule has 4 aliphatic carbocycles. The van der Waals surface area contributed by atoms with Crippen LogP contribution in [0.1, 0.15) is 85.0 Å². The van der Waals surface area contributed by atoms with E-state index in [1.165, 1.54) is 39.2 Å². The topological polar surface area (TPSA) is 96.8 Å². The van der Waals surface area contributed by atoms with Gasteiger partial charge in [0, 0.05) is 23.7 Å². The van der Waals surface area contributed by atoms with Gasteiger partial charge >= 0.3 is 5.97 Å². The number of hydrogen-bond donors (Lipinski definition) is 2. The van der Waals surface area contributed by atoms with Gasteiger partial charge in [0.05, 0.1) is 13.2 Å². The standard InChI is InChI=1S/C37H52N2O4/c1-23(5-16-35(40)41-4)30-14-15-31-29-22-34(43-27-12-8-25(39)9-13-27)33-21-28(42-26-10-6-24(38)7-11-26)17-19-37(33,3)32(29)18-20-36(30,31)2/h6-13,23,28-34H,5,14-22,38-39H2,1-4H3/t23-,28?,29+,30-,31+,32+,33?,34?,36-,37-/m1/s1. The minimum Gasteiger partial charge on any atom is -0.490 e. The monoisotopic (exact) mass is 588 g/mol. The second-order valence-electron chi connectivity index (χ2n) is 14.9. The van der Waals surface area contributed by atoms with Gasteiger partial charge in [-0.1, -0.05) is 20.8 Å². The van der Waals surface area contributed by atoms with Gasteiger partial charge in [0.2, 0.25) is 0 Å². The Balaban J connectivity index is 1.25. The third-order valence-corrected chi connectivity index (χ3v) is 12.7. The number of esters is 1. The molecule has 0 bridgehead atoms. The zero-order valence-corrected chi connectivity index (χ0v) is 26.6. The zero-order chi connectivity index (χ0) is 30.4. The lowest BCUT2D eigenvalue weighted by Gasteiger charge is -2.63. The van der Waals surface area contributed by atoms with Crippen molar-refractivity contribution >= 4 is 17.3 Å². The Hall–Kier alpha value is -2.89. The molecule has 6 rings (SSSR count). The van der Waals surface area contributed by atoms with Crippen molar-refractivity contribution in [1.82, 2.24) is 0 Å². The number of carbonyl (C=O) groups excluding carboxylic acids is 1. The summed E-state index contributed by atoms with van der Waals surface area (Å²) in [5, 5.41) is 0. The summed E-state index contributed by atoms with van der Waals surface area (Å²) in [5.74, 6) is 5.43. The molecular formula is C37H52N2O4. The molecule has 0 saturated heterocycles. The third kappa shape index (κ3) is 5.71. The number of nitrogen functional groups attached to an aromatic ring is 2. The molecule has 43 heavy (non-hydrogen) atoms. The summed E-state index contributed by atoms with van der Waals surface area (Å²) < 4.78 is 18.5. The fourth-order valence-electron chi connectivity index (χ4n) is 10.6. The summed E-state index contributed by atoms with van der Waals surface area (Å²) >= 11 is 0. The van der Waals surface area contributed by atoms with Gasteiger partial charge in [0.15, 0.2) is 0 Å². The Morgan fingerprint density at radius 2 is 1.42 bits per heavy atom. The van der Waals surface area contributed by atoms with E-state index >= 15 is 0 Å². The summed E-state index contributed by atoms with van der Waals surface area (Å²) in [7, 11) is 1.50. The fourth-order valence-corrected chi connectivity index (χ4v) is 10.6. The molecule has 6 heteroatoms. The molecule has 3 unspecified atom stereocenters. The SMILES string of the molecule is COC(=O)CC[C@@H](C)[C@H]1CC[C@H]2[C@@H]3CC(Oc4ccc(N)cc4)C4CC(Oc5ccc(N)cc5)CC[C@]4(C)[C@H]3CC[C@]12C. The largest absolute Gasteiger partial charge is 0.490 e. The summed E-state index contributed by atoms with van der Waals surface area (Å²) in [6.45, 7) is 7.55. The average molecular weight is 589 g/mol. The highest BCUT2D eigenvalue weighted by Gasteiger charge is 2.63. The van der Waals surface area contributed by atoms with E-state index in [1.54, 1.807) is 0 Å². The Kier molecular flexibility index (Phi) is 8.34.